The number of nitrogens with zero attached hydrogens (tertiary/aromatic N) is 4. The number of fused-ring (bicyclic) bond motifs is 1. The molecule has 0 saturated carbocycles. The fourth-order valence-electron chi connectivity index (χ4n) is 2.43. The second-order valence-electron chi connectivity index (χ2n) is 5.40. The van der Waals surface area contributed by atoms with Gasteiger partial charge < -0.3 is 8.98 Å². The lowest BCUT2D eigenvalue weighted by Gasteiger charge is -2.03. The molecule has 0 spiro atoms. The van der Waals surface area contributed by atoms with E-state index in [1.807, 2.05) is 23.0 Å². The van der Waals surface area contributed by atoms with Gasteiger partial charge in [-0.3, -0.25) is 0 Å². The number of benzene rings is 1. The summed E-state index contributed by atoms with van der Waals surface area (Å²) in [7, 11) is 0. The molecule has 0 radical (unpaired) electrons. The lowest BCUT2D eigenvalue weighted by molar-refractivity contribution is 0.492. The molecule has 0 aliphatic heterocycles. The lowest BCUT2D eigenvalue weighted by Crippen LogP contribution is -1.98. The predicted molar refractivity (Wildman–Crippen MR) is 93.6 cm³/mol. The van der Waals surface area contributed by atoms with E-state index in [4.69, 9.17) is 4.42 Å². The molecule has 116 valence electrons. The number of hydrogen-bond acceptors (Lipinski definition) is 5. The van der Waals surface area contributed by atoms with E-state index in [2.05, 4.69) is 57.1 Å². The van der Waals surface area contributed by atoms with E-state index in [9.17, 15) is 0 Å². The van der Waals surface area contributed by atoms with E-state index in [1.54, 1.807) is 11.3 Å². The molecule has 0 unspecified atom stereocenters. The molecule has 4 rings (SSSR count). The van der Waals surface area contributed by atoms with E-state index < -0.39 is 0 Å². The molecular weight excluding hydrogens is 376 g/mol. The Balaban J connectivity index is 1.66. The zero-order valence-electron chi connectivity index (χ0n) is 12.6. The number of imidazole rings is 1. The van der Waals surface area contributed by atoms with Crippen LogP contribution in [-0.4, -0.2) is 19.7 Å². The van der Waals surface area contributed by atoms with Crippen molar-refractivity contribution in [2.75, 3.05) is 0 Å². The standard InChI is InChI=1S/C16H13BrN4OS/c1-9-5-11-12(6-10(9)2)21(8-18-11)7-15-19-20-16(22-15)13-3-4-14(17)23-13/h3-6,8H,7H2,1-2H3. The second kappa shape index (κ2) is 5.58. The maximum Gasteiger partial charge on any atom is 0.257 e. The van der Waals surface area contributed by atoms with Crippen molar-refractivity contribution < 1.29 is 4.42 Å². The fraction of sp³-hybridized carbons (Fsp3) is 0.188. The van der Waals surface area contributed by atoms with Gasteiger partial charge in [-0.25, -0.2) is 4.98 Å². The molecule has 0 atom stereocenters. The molecule has 4 aromatic rings. The third-order valence-electron chi connectivity index (χ3n) is 3.79. The quantitative estimate of drug-likeness (QED) is 0.515. The molecule has 0 fully saturated rings. The number of aryl methyl sites for hydroxylation is 2. The summed E-state index contributed by atoms with van der Waals surface area (Å²) in [6.45, 7) is 4.71. The van der Waals surface area contributed by atoms with Crippen molar-refractivity contribution in [3.8, 4) is 10.8 Å². The van der Waals surface area contributed by atoms with Gasteiger partial charge in [0, 0.05) is 0 Å². The maximum atomic E-state index is 5.78. The molecule has 0 amide bonds. The average Bonchev–Trinajstić information content (AvgIpc) is 3.22. The number of aromatic nitrogens is 4. The molecular formula is C16H13BrN4OS. The van der Waals surface area contributed by atoms with Gasteiger partial charge in [0.05, 0.1) is 26.0 Å². The van der Waals surface area contributed by atoms with Crippen LogP contribution in [-0.2, 0) is 6.54 Å². The van der Waals surface area contributed by atoms with Crippen LogP contribution in [0, 0.1) is 13.8 Å². The summed E-state index contributed by atoms with van der Waals surface area (Å²) in [5.41, 5.74) is 4.54. The zero-order valence-corrected chi connectivity index (χ0v) is 15.0. The Bertz CT molecular complexity index is 1000. The van der Waals surface area contributed by atoms with Gasteiger partial charge in [0.15, 0.2) is 0 Å². The van der Waals surface area contributed by atoms with Crippen molar-refractivity contribution in [2.24, 2.45) is 0 Å². The largest absolute Gasteiger partial charge is 0.418 e. The Morgan fingerprint density at radius 1 is 1.17 bits per heavy atom. The van der Waals surface area contributed by atoms with Gasteiger partial charge in [0.25, 0.3) is 5.89 Å². The number of thiophene rings is 1. The highest BCUT2D eigenvalue weighted by molar-refractivity contribution is 9.11. The minimum atomic E-state index is 0.512. The van der Waals surface area contributed by atoms with Crippen LogP contribution < -0.4 is 0 Å². The summed E-state index contributed by atoms with van der Waals surface area (Å²) in [4.78, 5) is 5.41. The van der Waals surface area contributed by atoms with E-state index in [-0.39, 0.29) is 0 Å². The first kappa shape index (κ1) is 14.6. The Morgan fingerprint density at radius 2 is 2.00 bits per heavy atom. The van der Waals surface area contributed by atoms with E-state index in [1.165, 1.54) is 11.1 Å². The van der Waals surface area contributed by atoms with Gasteiger partial charge in [0.2, 0.25) is 5.89 Å². The molecule has 3 heterocycles. The predicted octanol–water partition coefficient (Wildman–Crippen LogP) is 4.58. The highest BCUT2D eigenvalue weighted by atomic mass is 79.9. The third-order valence-corrected chi connectivity index (χ3v) is 5.40. The Kier molecular flexibility index (Phi) is 3.54. The van der Waals surface area contributed by atoms with Gasteiger partial charge in [-0.15, -0.1) is 21.5 Å². The van der Waals surface area contributed by atoms with Gasteiger partial charge in [-0.05, 0) is 65.2 Å². The second-order valence-corrected chi connectivity index (χ2v) is 7.87. The van der Waals surface area contributed by atoms with E-state index in [0.717, 1.165) is 19.7 Å². The first-order valence-corrected chi connectivity index (χ1v) is 8.71. The van der Waals surface area contributed by atoms with Gasteiger partial charge in [0.1, 0.15) is 6.54 Å². The Labute approximate surface area is 145 Å². The summed E-state index contributed by atoms with van der Waals surface area (Å²) in [6, 6.07) is 8.18. The fourth-order valence-corrected chi connectivity index (χ4v) is 3.74. The third kappa shape index (κ3) is 2.70. The molecule has 0 saturated heterocycles. The zero-order chi connectivity index (χ0) is 16.0. The summed E-state index contributed by atoms with van der Waals surface area (Å²) in [5, 5.41) is 8.28. The van der Waals surface area contributed by atoms with Crippen LogP contribution in [0.1, 0.15) is 17.0 Å². The van der Waals surface area contributed by atoms with Crippen LogP contribution >= 0.6 is 27.3 Å². The first-order valence-electron chi connectivity index (χ1n) is 7.10. The Hall–Kier alpha value is -1.99. The lowest BCUT2D eigenvalue weighted by atomic mass is 10.1. The monoisotopic (exact) mass is 388 g/mol. The summed E-state index contributed by atoms with van der Waals surface area (Å²) < 4.78 is 8.85. The van der Waals surface area contributed by atoms with Crippen LogP contribution in [0.5, 0.6) is 0 Å². The normalized spacial score (nSPS) is 11.4. The highest BCUT2D eigenvalue weighted by Gasteiger charge is 2.12. The van der Waals surface area contributed by atoms with Crippen LogP contribution in [0.15, 0.2) is 38.8 Å². The van der Waals surface area contributed by atoms with Crippen LogP contribution in [0.25, 0.3) is 21.8 Å². The van der Waals surface area contributed by atoms with Gasteiger partial charge in [-0.2, -0.15) is 0 Å². The molecule has 0 bridgehead atoms. The van der Waals surface area contributed by atoms with Gasteiger partial charge in [-0.1, -0.05) is 0 Å². The number of hydrogen-bond donors (Lipinski definition) is 0. The summed E-state index contributed by atoms with van der Waals surface area (Å²) >= 11 is 5.01. The smallest absolute Gasteiger partial charge is 0.257 e. The van der Waals surface area contributed by atoms with Crippen molar-refractivity contribution >= 4 is 38.3 Å². The van der Waals surface area contributed by atoms with E-state index >= 15 is 0 Å². The molecule has 5 nitrogen and oxygen atoms in total. The SMILES string of the molecule is Cc1cc2ncn(Cc3nnc(-c4ccc(Br)s4)o3)c2cc1C. The minimum Gasteiger partial charge on any atom is -0.418 e. The molecule has 0 N–H and O–H groups in total. The highest BCUT2D eigenvalue weighted by Crippen LogP contribution is 2.30. The summed E-state index contributed by atoms with van der Waals surface area (Å²) in [5.74, 6) is 1.12. The van der Waals surface area contributed by atoms with Crippen molar-refractivity contribution in [1.29, 1.82) is 0 Å². The van der Waals surface area contributed by atoms with Crippen molar-refractivity contribution in [3.05, 3.63) is 51.4 Å². The molecule has 3 aromatic heterocycles. The van der Waals surface area contributed by atoms with Crippen LogP contribution in [0.2, 0.25) is 0 Å². The molecule has 0 aliphatic carbocycles. The minimum absolute atomic E-state index is 0.512. The number of halogens is 1. The number of rotatable bonds is 3. The van der Waals surface area contributed by atoms with Crippen molar-refractivity contribution in [2.45, 2.75) is 20.4 Å². The first-order chi connectivity index (χ1) is 11.1. The Morgan fingerprint density at radius 3 is 2.78 bits per heavy atom. The van der Waals surface area contributed by atoms with Crippen LogP contribution in [0.4, 0.5) is 0 Å². The van der Waals surface area contributed by atoms with Crippen molar-refractivity contribution in [1.82, 2.24) is 19.7 Å². The van der Waals surface area contributed by atoms with Gasteiger partial charge >= 0.3 is 0 Å². The topological polar surface area (TPSA) is 56.7 Å². The van der Waals surface area contributed by atoms with Crippen LogP contribution in [0.3, 0.4) is 0 Å². The molecule has 0 aliphatic rings. The molecule has 23 heavy (non-hydrogen) atoms. The summed E-state index contributed by atoms with van der Waals surface area (Å²) in [6.07, 6.45) is 1.81. The van der Waals surface area contributed by atoms with E-state index in [0.29, 0.717) is 18.3 Å². The molecule has 1 aromatic carbocycles. The van der Waals surface area contributed by atoms with Crippen molar-refractivity contribution in [3.63, 3.8) is 0 Å². The average molecular weight is 389 g/mol. The molecule has 7 heteroatoms. The maximum absolute atomic E-state index is 5.78.